The second-order valence-corrected chi connectivity index (χ2v) is 7.10. The molecule has 0 bridgehead atoms. The van der Waals surface area contributed by atoms with Crippen molar-refractivity contribution in [3.63, 3.8) is 0 Å². The molecule has 126 valence electrons. The van der Waals surface area contributed by atoms with E-state index < -0.39 is 17.4 Å². The first-order valence-electron chi connectivity index (χ1n) is 7.61. The summed E-state index contributed by atoms with van der Waals surface area (Å²) in [5.41, 5.74) is -1.44. The summed E-state index contributed by atoms with van der Waals surface area (Å²) in [7, 11) is 0. The van der Waals surface area contributed by atoms with Gasteiger partial charge in [-0.25, -0.2) is 0 Å². The number of carbonyl (C=O) groups is 2. The van der Waals surface area contributed by atoms with E-state index in [1.165, 1.54) is 4.90 Å². The highest BCUT2D eigenvalue weighted by atomic mass is 35.5. The number of halogens is 1. The molecule has 2 aromatic rings. The van der Waals surface area contributed by atoms with E-state index in [0.717, 1.165) is 4.88 Å². The minimum absolute atomic E-state index is 0.0587. The molecule has 1 aromatic carbocycles. The van der Waals surface area contributed by atoms with Gasteiger partial charge in [0.15, 0.2) is 0 Å². The van der Waals surface area contributed by atoms with E-state index in [-0.39, 0.29) is 13.0 Å². The van der Waals surface area contributed by atoms with Crippen LogP contribution in [0.5, 0.6) is 0 Å². The van der Waals surface area contributed by atoms with Crippen LogP contribution in [0.3, 0.4) is 0 Å². The number of nitrogens with zero attached hydrogens (tertiary/aromatic N) is 1. The molecule has 0 aliphatic carbocycles. The number of benzene rings is 1. The number of hydrogen-bond donors (Lipinski definition) is 2. The van der Waals surface area contributed by atoms with Crippen LogP contribution in [0.1, 0.15) is 11.3 Å². The number of thiophene rings is 1. The smallest absolute Gasteiger partial charge is 0.268 e. The van der Waals surface area contributed by atoms with E-state index >= 15 is 0 Å². The third kappa shape index (κ3) is 3.31. The van der Waals surface area contributed by atoms with Crippen LogP contribution in [-0.4, -0.2) is 35.6 Å². The number of hydrogen-bond acceptors (Lipinski definition) is 4. The van der Waals surface area contributed by atoms with E-state index in [9.17, 15) is 14.7 Å². The lowest BCUT2D eigenvalue weighted by Gasteiger charge is -2.21. The number of amides is 2. The molecule has 24 heavy (non-hydrogen) atoms. The van der Waals surface area contributed by atoms with Gasteiger partial charge in [0.1, 0.15) is 0 Å². The van der Waals surface area contributed by atoms with Gasteiger partial charge in [0.25, 0.3) is 11.8 Å². The highest BCUT2D eigenvalue weighted by Crippen LogP contribution is 2.30. The molecule has 1 aromatic heterocycles. The molecule has 1 fully saturated rings. The summed E-state index contributed by atoms with van der Waals surface area (Å²) in [6.45, 7) is 0.653. The normalized spacial score (nSPS) is 20.4. The Kier molecular flexibility index (Phi) is 4.89. The number of carbonyl (C=O) groups excluding carboxylic acids is 2. The Labute approximate surface area is 148 Å². The van der Waals surface area contributed by atoms with Gasteiger partial charge in [0, 0.05) is 35.1 Å². The van der Waals surface area contributed by atoms with E-state index in [1.807, 2.05) is 17.5 Å². The molecular formula is C17H17ClN2O3S. The summed E-state index contributed by atoms with van der Waals surface area (Å²) in [6, 6.07) is 10.7. The molecular weight excluding hydrogens is 348 g/mol. The van der Waals surface area contributed by atoms with Crippen molar-refractivity contribution in [3.8, 4) is 0 Å². The Morgan fingerprint density at radius 3 is 2.92 bits per heavy atom. The van der Waals surface area contributed by atoms with Gasteiger partial charge in [0.05, 0.1) is 0 Å². The van der Waals surface area contributed by atoms with Crippen molar-refractivity contribution < 1.29 is 14.7 Å². The molecule has 1 saturated heterocycles. The molecule has 3 rings (SSSR count). The molecule has 5 nitrogen and oxygen atoms in total. The predicted octanol–water partition coefficient (Wildman–Crippen LogP) is 2.23. The molecule has 7 heteroatoms. The van der Waals surface area contributed by atoms with E-state index in [0.29, 0.717) is 23.7 Å². The molecule has 0 radical (unpaired) electrons. The summed E-state index contributed by atoms with van der Waals surface area (Å²) in [4.78, 5) is 27.4. The zero-order chi connectivity index (χ0) is 17.2. The fourth-order valence-electron chi connectivity index (χ4n) is 2.71. The second-order valence-electron chi connectivity index (χ2n) is 5.63. The molecule has 1 aliphatic heterocycles. The Hall–Kier alpha value is -1.89. The minimum atomic E-state index is -2.02. The van der Waals surface area contributed by atoms with E-state index in [4.69, 9.17) is 11.6 Å². The van der Waals surface area contributed by atoms with Crippen molar-refractivity contribution in [1.82, 2.24) is 5.32 Å². The van der Waals surface area contributed by atoms with Crippen LogP contribution in [-0.2, 0) is 16.0 Å². The molecule has 1 unspecified atom stereocenters. The Balaban J connectivity index is 1.64. The summed E-state index contributed by atoms with van der Waals surface area (Å²) in [5, 5.41) is 15.7. The van der Waals surface area contributed by atoms with Crippen LogP contribution in [0.4, 0.5) is 5.69 Å². The van der Waals surface area contributed by atoms with Crippen molar-refractivity contribution in [2.45, 2.75) is 18.4 Å². The Morgan fingerprint density at radius 1 is 1.38 bits per heavy atom. The average Bonchev–Trinajstić information content (AvgIpc) is 3.17. The first kappa shape index (κ1) is 17.0. The molecule has 2 amide bonds. The molecule has 0 saturated carbocycles. The minimum Gasteiger partial charge on any atom is -0.372 e. The van der Waals surface area contributed by atoms with Crippen LogP contribution in [0.15, 0.2) is 41.8 Å². The first-order chi connectivity index (χ1) is 11.5. The molecule has 2 heterocycles. The number of aliphatic hydroxyl groups is 1. The zero-order valence-corrected chi connectivity index (χ0v) is 14.4. The van der Waals surface area contributed by atoms with Crippen molar-refractivity contribution in [2.24, 2.45) is 0 Å². The maximum atomic E-state index is 12.5. The third-order valence-corrected chi connectivity index (χ3v) is 5.20. The maximum Gasteiger partial charge on any atom is 0.268 e. The lowest BCUT2D eigenvalue weighted by molar-refractivity contribution is -0.149. The van der Waals surface area contributed by atoms with Crippen molar-refractivity contribution in [1.29, 1.82) is 0 Å². The monoisotopic (exact) mass is 364 g/mol. The van der Waals surface area contributed by atoms with Gasteiger partial charge in [0.2, 0.25) is 5.60 Å². The first-order valence-corrected chi connectivity index (χ1v) is 8.87. The Bertz CT molecular complexity index is 750. The highest BCUT2D eigenvalue weighted by Gasteiger charge is 2.51. The SMILES string of the molecule is O=C(NCCc1cccs1)C1(O)CCN(c2cccc(Cl)c2)C1=O. The Morgan fingerprint density at radius 2 is 2.21 bits per heavy atom. The summed E-state index contributed by atoms with van der Waals surface area (Å²) < 4.78 is 0. The third-order valence-electron chi connectivity index (χ3n) is 4.03. The van der Waals surface area contributed by atoms with Gasteiger partial charge < -0.3 is 15.3 Å². The van der Waals surface area contributed by atoms with Gasteiger partial charge in [-0.1, -0.05) is 23.7 Å². The second kappa shape index (κ2) is 6.93. The predicted molar refractivity (Wildman–Crippen MR) is 94.4 cm³/mol. The fraction of sp³-hybridized carbons (Fsp3) is 0.294. The van der Waals surface area contributed by atoms with Crippen molar-refractivity contribution in [3.05, 3.63) is 51.7 Å². The summed E-state index contributed by atoms with van der Waals surface area (Å²) in [5.74, 6) is -1.26. The van der Waals surface area contributed by atoms with Crippen LogP contribution in [0.25, 0.3) is 0 Å². The van der Waals surface area contributed by atoms with Crippen molar-refractivity contribution in [2.75, 3.05) is 18.0 Å². The quantitative estimate of drug-likeness (QED) is 0.799. The average molecular weight is 365 g/mol. The van der Waals surface area contributed by atoms with Crippen LogP contribution in [0, 0.1) is 0 Å². The fourth-order valence-corrected chi connectivity index (χ4v) is 3.60. The molecule has 2 N–H and O–H groups in total. The van der Waals surface area contributed by atoms with Gasteiger partial charge in [-0.2, -0.15) is 0 Å². The largest absolute Gasteiger partial charge is 0.372 e. The van der Waals surface area contributed by atoms with Gasteiger partial charge in [-0.15, -0.1) is 11.3 Å². The maximum absolute atomic E-state index is 12.5. The lowest BCUT2D eigenvalue weighted by atomic mass is 10.0. The number of anilines is 1. The van der Waals surface area contributed by atoms with Gasteiger partial charge in [-0.05, 0) is 36.1 Å². The zero-order valence-electron chi connectivity index (χ0n) is 12.9. The molecule has 1 aliphatic rings. The van der Waals surface area contributed by atoms with E-state index in [1.54, 1.807) is 35.6 Å². The van der Waals surface area contributed by atoms with Crippen LogP contribution >= 0.6 is 22.9 Å². The van der Waals surface area contributed by atoms with Gasteiger partial charge >= 0.3 is 0 Å². The topological polar surface area (TPSA) is 69.6 Å². The highest BCUT2D eigenvalue weighted by molar-refractivity contribution is 7.09. The molecule has 1 atom stereocenters. The van der Waals surface area contributed by atoms with E-state index in [2.05, 4.69) is 5.32 Å². The van der Waals surface area contributed by atoms with Crippen LogP contribution in [0.2, 0.25) is 5.02 Å². The van der Waals surface area contributed by atoms with Gasteiger partial charge in [-0.3, -0.25) is 9.59 Å². The number of nitrogens with one attached hydrogen (secondary N) is 1. The standard InChI is InChI=1S/C17H17ClN2O3S/c18-12-3-1-4-13(11-12)20-9-7-17(23,16(20)22)15(21)19-8-6-14-5-2-10-24-14/h1-5,10-11,23H,6-9H2,(H,19,21). The summed E-state index contributed by atoms with van der Waals surface area (Å²) >= 11 is 7.55. The van der Waals surface area contributed by atoms with Crippen molar-refractivity contribution >= 4 is 40.4 Å². The number of rotatable bonds is 5. The molecule has 0 spiro atoms. The summed E-state index contributed by atoms with van der Waals surface area (Å²) in [6.07, 6.45) is 0.731. The lowest BCUT2D eigenvalue weighted by Crippen LogP contribution is -2.52. The van der Waals surface area contributed by atoms with Crippen LogP contribution < -0.4 is 10.2 Å².